The topological polar surface area (TPSA) is 36.9 Å². The average Bonchev–Trinajstić information content (AvgIpc) is 3.06. The second-order valence-electron chi connectivity index (χ2n) is 8.26. The van der Waals surface area contributed by atoms with Gasteiger partial charge in [0.05, 0.1) is 28.4 Å². The first-order valence-corrected chi connectivity index (χ1v) is 17.6. The molecule has 45 heavy (non-hydrogen) atoms. The van der Waals surface area contributed by atoms with Crippen LogP contribution in [0.2, 0.25) is 0 Å². The van der Waals surface area contributed by atoms with E-state index in [1.165, 1.54) is 47.0 Å². The summed E-state index contributed by atoms with van der Waals surface area (Å²) in [5, 5.41) is 0. The summed E-state index contributed by atoms with van der Waals surface area (Å²) in [5.74, 6) is 3.30. The number of thioether (sulfide) groups is 4. The predicted octanol–water partition coefficient (Wildman–Crippen LogP) is 9.61. The van der Waals surface area contributed by atoms with Crippen molar-refractivity contribution < 1.29 is 35.4 Å². The smallest absolute Gasteiger partial charge is 0.118 e. The molecule has 0 fully saturated rings. The zero-order chi connectivity index (χ0) is 31.9. The van der Waals surface area contributed by atoms with Gasteiger partial charge >= 0.3 is 0 Å². The molecule has 4 nitrogen and oxygen atoms in total. The van der Waals surface area contributed by atoms with Gasteiger partial charge in [0.1, 0.15) is 23.0 Å². The number of ether oxygens (including phenoxy) is 4. The molecule has 0 aliphatic rings. The van der Waals surface area contributed by atoms with Gasteiger partial charge < -0.3 is 69.5 Å². The van der Waals surface area contributed by atoms with E-state index >= 15 is 0 Å². The van der Waals surface area contributed by atoms with Gasteiger partial charge in [0.2, 0.25) is 0 Å². The Kier molecular flexibility index (Phi) is 18.7. The van der Waals surface area contributed by atoms with Crippen LogP contribution in [0.3, 0.4) is 0 Å². The zero-order valence-corrected chi connectivity index (χ0v) is 32.0. The zero-order valence-electron chi connectivity index (χ0n) is 24.5. The summed E-state index contributed by atoms with van der Waals surface area (Å²) in [6.07, 6.45) is 0. The third-order valence-corrected chi connectivity index (χ3v) is 11.9. The number of hydrogen-bond acceptors (Lipinski definition) is 12. The quantitative estimate of drug-likeness (QED) is 0.0780. The molecular weight excluding hydrogens is 764 g/mol. The van der Waals surface area contributed by atoms with Gasteiger partial charge in [0.15, 0.2) is 0 Å². The Bertz CT molecular complexity index is 1280. The van der Waals surface area contributed by atoms with Crippen LogP contribution < -0.4 is 18.9 Å². The van der Waals surface area contributed by atoms with Crippen LogP contribution in [0.1, 0.15) is 0 Å². The molecule has 242 valence electrons. The van der Waals surface area contributed by atoms with E-state index in [-0.39, 0.29) is 16.5 Å². The Morgan fingerprint density at radius 2 is 0.511 bits per heavy atom. The molecule has 4 aromatic carbocycles. The van der Waals surface area contributed by atoms with Gasteiger partial charge in [-0.1, -0.05) is 0 Å². The van der Waals surface area contributed by atoms with Crippen LogP contribution in [0.4, 0.5) is 0 Å². The Hall–Kier alpha value is -1.67. The van der Waals surface area contributed by atoms with E-state index in [4.69, 9.17) is 69.5 Å². The Labute approximate surface area is 315 Å². The van der Waals surface area contributed by atoms with Gasteiger partial charge in [-0.05, 0) is 97.1 Å². The normalized spacial score (nSPS) is 11.5. The van der Waals surface area contributed by atoms with Crippen LogP contribution in [0.5, 0.6) is 23.0 Å². The summed E-state index contributed by atoms with van der Waals surface area (Å²) < 4.78 is 23.3. The molecule has 4 rings (SSSR count). The minimum absolute atomic E-state index is 0. The second kappa shape index (κ2) is 21.3. The van der Waals surface area contributed by atoms with Crippen molar-refractivity contribution in [3.8, 4) is 23.0 Å². The largest absolute Gasteiger partial charge is 0.774 e. The molecule has 0 aliphatic carbocycles. The van der Waals surface area contributed by atoms with E-state index in [9.17, 15) is 0 Å². The van der Waals surface area contributed by atoms with Crippen molar-refractivity contribution >= 4 is 97.6 Å². The van der Waals surface area contributed by atoms with Crippen molar-refractivity contribution in [1.82, 2.24) is 0 Å². The first-order valence-electron chi connectivity index (χ1n) is 12.7. The summed E-state index contributed by atoms with van der Waals surface area (Å²) in [4.78, 5) is 4.18. The molecular formula is C32H28NiO4S8-4. The molecule has 4 aromatic rings. The summed E-state index contributed by atoms with van der Waals surface area (Å²) >= 11 is 27.6. The fourth-order valence-electron chi connectivity index (χ4n) is 3.17. The first kappa shape index (κ1) is 39.5. The maximum absolute atomic E-state index is 5.41. The maximum Gasteiger partial charge on any atom is 0.118 e. The maximum atomic E-state index is 5.41. The van der Waals surface area contributed by atoms with Crippen LogP contribution in [0.25, 0.3) is 0 Å². The standard InChI is InChI=1S/2C16H16O2S4.Ni/c2*1-17-11-3-7-13(8-4-11)21-15(19)16(20)22-14-9-5-12(18-2)6-10-14;/h2*3-10,19-20H,1-2H3;/p-4/b2*16-15-;. The summed E-state index contributed by atoms with van der Waals surface area (Å²) in [7, 11) is 6.58. The molecule has 0 spiro atoms. The Balaban J connectivity index is 0.000000307. The van der Waals surface area contributed by atoms with E-state index in [0.717, 1.165) is 42.6 Å². The number of methoxy groups -OCH3 is 4. The number of rotatable bonds is 12. The minimum Gasteiger partial charge on any atom is -0.774 e. The monoisotopic (exact) mass is 790 g/mol. The van der Waals surface area contributed by atoms with E-state index < -0.39 is 0 Å². The van der Waals surface area contributed by atoms with Crippen molar-refractivity contribution in [2.45, 2.75) is 19.6 Å². The van der Waals surface area contributed by atoms with E-state index in [2.05, 4.69) is 0 Å². The molecule has 0 aromatic heterocycles. The molecule has 0 bridgehead atoms. The third kappa shape index (κ3) is 13.9. The van der Waals surface area contributed by atoms with E-state index in [1.807, 2.05) is 97.1 Å². The molecule has 0 saturated heterocycles. The van der Waals surface area contributed by atoms with Gasteiger partial charge in [0.25, 0.3) is 0 Å². The van der Waals surface area contributed by atoms with Gasteiger partial charge in [0, 0.05) is 36.1 Å². The Morgan fingerprint density at radius 1 is 0.356 bits per heavy atom. The molecule has 0 heterocycles. The van der Waals surface area contributed by atoms with Gasteiger partial charge in [-0.15, -0.1) is 64.0 Å². The van der Waals surface area contributed by atoms with Crippen LogP contribution in [-0.2, 0) is 67.0 Å². The summed E-state index contributed by atoms with van der Waals surface area (Å²) in [6.45, 7) is 0. The molecule has 0 N–H and O–H groups in total. The van der Waals surface area contributed by atoms with Gasteiger partial charge in [-0.2, -0.15) is 0 Å². The SMILES string of the molecule is COc1ccc(S/C([S-])=C(/[S-])Sc2ccc(OC)cc2)cc1.COc1ccc(S/C([S-])=C(/[S-])Sc2ccc(OC)cc2)cc1.[Ni]. The van der Waals surface area contributed by atoms with Crippen molar-refractivity contribution in [2.24, 2.45) is 0 Å². The van der Waals surface area contributed by atoms with Gasteiger partial charge in [-0.3, -0.25) is 0 Å². The molecule has 0 radical (unpaired) electrons. The molecule has 13 heteroatoms. The Morgan fingerprint density at radius 3 is 0.644 bits per heavy atom. The molecule has 0 aliphatic heterocycles. The fourth-order valence-corrected chi connectivity index (χ4v) is 7.60. The van der Waals surface area contributed by atoms with Crippen LogP contribution in [0.15, 0.2) is 134 Å². The predicted molar refractivity (Wildman–Crippen MR) is 199 cm³/mol. The molecule has 0 atom stereocenters. The van der Waals surface area contributed by atoms with E-state index in [0.29, 0.717) is 16.9 Å². The number of benzene rings is 4. The fraction of sp³-hybridized carbons (Fsp3) is 0.125. The minimum atomic E-state index is 0. The van der Waals surface area contributed by atoms with E-state index in [1.54, 1.807) is 28.4 Å². The molecule has 0 saturated carbocycles. The van der Waals surface area contributed by atoms with Crippen LogP contribution in [0, 0.1) is 0 Å². The number of hydrogen-bond donors (Lipinski definition) is 0. The molecule has 0 amide bonds. The summed E-state index contributed by atoms with van der Waals surface area (Å²) in [6, 6.07) is 31.0. The second-order valence-corrected chi connectivity index (χ2v) is 15.3. The van der Waals surface area contributed by atoms with Crippen molar-refractivity contribution in [2.75, 3.05) is 28.4 Å². The van der Waals surface area contributed by atoms with Crippen molar-refractivity contribution in [1.29, 1.82) is 0 Å². The van der Waals surface area contributed by atoms with Crippen molar-refractivity contribution in [3.05, 3.63) is 114 Å². The van der Waals surface area contributed by atoms with Crippen molar-refractivity contribution in [3.63, 3.8) is 0 Å². The van der Waals surface area contributed by atoms with Crippen LogP contribution in [-0.4, -0.2) is 28.4 Å². The van der Waals surface area contributed by atoms with Gasteiger partial charge in [-0.25, -0.2) is 0 Å². The van der Waals surface area contributed by atoms with Crippen LogP contribution >= 0.6 is 47.0 Å². The summed E-state index contributed by atoms with van der Waals surface area (Å²) in [5.41, 5.74) is 0. The molecule has 0 unspecified atom stereocenters. The first-order chi connectivity index (χ1) is 21.2. The third-order valence-electron chi connectivity index (χ3n) is 5.41. The average molecular weight is 792 g/mol.